The predicted octanol–water partition coefficient (Wildman–Crippen LogP) is 3.57. The van der Waals surface area contributed by atoms with E-state index in [4.69, 9.17) is 0 Å². The Morgan fingerprint density at radius 2 is 1.93 bits per heavy atom. The molecule has 0 saturated carbocycles. The van der Waals surface area contributed by atoms with E-state index in [1.165, 1.54) is 16.7 Å². The summed E-state index contributed by atoms with van der Waals surface area (Å²) < 4.78 is 0. The molecule has 84 valence electrons. The van der Waals surface area contributed by atoms with Gasteiger partial charge in [-0.25, -0.2) is 0 Å². The molecule has 1 aromatic rings. The number of hydrogen-bond acceptors (Lipinski definition) is 1. The summed E-state index contributed by atoms with van der Waals surface area (Å²) in [5, 5.41) is 0. The van der Waals surface area contributed by atoms with Crippen LogP contribution >= 0.6 is 0 Å². The summed E-state index contributed by atoms with van der Waals surface area (Å²) in [4.78, 5) is 2.34. The number of nitrogens with zero attached hydrogens (tertiary/aromatic N) is 1. The maximum absolute atomic E-state index is 2.35. The quantitative estimate of drug-likeness (QED) is 0.726. The normalized spacial score (nSPS) is 11.4. The van der Waals surface area contributed by atoms with Crippen molar-refractivity contribution in [2.75, 3.05) is 13.6 Å². The van der Waals surface area contributed by atoms with Crippen LogP contribution in [0, 0.1) is 6.92 Å². The van der Waals surface area contributed by atoms with E-state index in [1.807, 2.05) is 0 Å². The molecule has 0 N–H and O–H groups in total. The molecule has 0 radical (unpaired) electrons. The zero-order valence-corrected chi connectivity index (χ0v) is 10.7. The molecule has 15 heavy (non-hydrogen) atoms. The lowest BCUT2D eigenvalue weighted by atomic mass is 9.97. The van der Waals surface area contributed by atoms with Gasteiger partial charge in [-0.15, -0.1) is 0 Å². The van der Waals surface area contributed by atoms with Crippen LogP contribution in [0.4, 0.5) is 0 Å². The average Bonchev–Trinajstić information content (AvgIpc) is 2.20. The van der Waals surface area contributed by atoms with Crippen molar-refractivity contribution in [3.8, 4) is 0 Å². The third-order valence-corrected chi connectivity index (χ3v) is 3.02. The van der Waals surface area contributed by atoms with Crippen LogP contribution in [-0.4, -0.2) is 18.5 Å². The zero-order valence-electron chi connectivity index (χ0n) is 10.7. The van der Waals surface area contributed by atoms with Gasteiger partial charge in [0.1, 0.15) is 0 Å². The van der Waals surface area contributed by atoms with Crippen LogP contribution in [0.15, 0.2) is 18.2 Å². The SMILES string of the molecule is CCN(C)Cc1cc(C(C)C)ccc1C. The fourth-order valence-corrected chi connectivity index (χ4v) is 1.62. The Hall–Kier alpha value is -0.820. The van der Waals surface area contributed by atoms with Gasteiger partial charge in [0.2, 0.25) is 0 Å². The van der Waals surface area contributed by atoms with E-state index in [0.29, 0.717) is 5.92 Å². The lowest BCUT2D eigenvalue weighted by Crippen LogP contribution is -2.17. The number of benzene rings is 1. The predicted molar refractivity (Wildman–Crippen MR) is 67.3 cm³/mol. The summed E-state index contributed by atoms with van der Waals surface area (Å²) in [6.07, 6.45) is 0. The summed E-state index contributed by atoms with van der Waals surface area (Å²) in [6.45, 7) is 11.1. The smallest absolute Gasteiger partial charge is 0.0233 e. The van der Waals surface area contributed by atoms with Gasteiger partial charge >= 0.3 is 0 Å². The molecule has 0 aliphatic carbocycles. The van der Waals surface area contributed by atoms with Gasteiger partial charge in [0, 0.05) is 6.54 Å². The molecule has 0 amide bonds. The van der Waals surface area contributed by atoms with Crippen LogP contribution in [-0.2, 0) is 6.54 Å². The van der Waals surface area contributed by atoms with E-state index in [1.54, 1.807) is 0 Å². The molecule has 0 heterocycles. The number of hydrogen-bond donors (Lipinski definition) is 0. The highest BCUT2D eigenvalue weighted by molar-refractivity contribution is 5.32. The molecule has 0 bridgehead atoms. The van der Waals surface area contributed by atoms with Gasteiger partial charge in [-0.05, 0) is 43.1 Å². The van der Waals surface area contributed by atoms with Gasteiger partial charge in [-0.1, -0.05) is 39.0 Å². The first-order valence-electron chi connectivity index (χ1n) is 5.82. The minimum Gasteiger partial charge on any atom is -0.302 e. The fraction of sp³-hybridized carbons (Fsp3) is 0.571. The molecule has 0 unspecified atom stereocenters. The van der Waals surface area contributed by atoms with Crippen LogP contribution in [0.2, 0.25) is 0 Å². The molecule has 0 spiro atoms. The molecule has 0 aliphatic rings. The molecule has 1 rings (SSSR count). The Morgan fingerprint density at radius 3 is 2.47 bits per heavy atom. The average molecular weight is 205 g/mol. The van der Waals surface area contributed by atoms with Crippen molar-refractivity contribution in [3.05, 3.63) is 34.9 Å². The monoisotopic (exact) mass is 205 g/mol. The van der Waals surface area contributed by atoms with Gasteiger partial charge in [-0.2, -0.15) is 0 Å². The van der Waals surface area contributed by atoms with E-state index in [9.17, 15) is 0 Å². The highest BCUT2D eigenvalue weighted by Crippen LogP contribution is 2.19. The highest BCUT2D eigenvalue weighted by Gasteiger charge is 2.05. The van der Waals surface area contributed by atoms with Crippen molar-refractivity contribution in [2.45, 2.75) is 40.2 Å². The maximum atomic E-state index is 2.35. The summed E-state index contributed by atoms with van der Waals surface area (Å²) >= 11 is 0. The second kappa shape index (κ2) is 5.32. The largest absolute Gasteiger partial charge is 0.302 e. The van der Waals surface area contributed by atoms with Gasteiger partial charge in [0.15, 0.2) is 0 Å². The standard InChI is InChI=1S/C14H23N/c1-6-15(5)10-14-9-13(11(2)3)8-7-12(14)4/h7-9,11H,6,10H2,1-5H3. The van der Waals surface area contributed by atoms with Crippen molar-refractivity contribution in [2.24, 2.45) is 0 Å². The molecule has 0 fully saturated rings. The van der Waals surface area contributed by atoms with Crippen molar-refractivity contribution in [1.82, 2.24) is 4.90 Å². The third kappa shape index (κ3) is 3.35. The molecule has 0 atom stereocenters. The minimum absolute atomic E-state index is 0.622. The van der Waals surface area contributed by atoms with Crippen LogP contribution < -0.4 is 0 Å². The second-order valence-electron chi connectivity index (χ2n) is 4.67. The van der Waals surface area contributed by atoms with Crippen molar-refractivity contribution in [1.29, 1.82) is 0 Å². The van der Waals surface area contributed by atoms with Gasteiger partial charge in [0.05, 0.1) is 0 Å². The molecule has 1 aromatic carbocycles. The Balaban J connectivity index is 2.90. The number of aryl methyl sites for hydroxylation is 1. The van der Waals surface area contributed by atoms with E-state index >= 15 is 0 Å². The lowest BCUT2D eigenvalue weighted by molar-refractivity contribution is 0.345. The van der Waals surface area contributed by atoms with Crippen molar-refractivity contribution in [3.63, 3.8) is 0 Å². The van der Waals surface area contributed by atoms with E-state index in [0.717, 1.165) is 13.1 Å². The Morgan fingerprint density at radius 1 is 1.27 bits per heavy atom. The lowest BCUT2D eigenvalue weighted by Gasteiger charge is -2.17. The summed E-state index contributed by atoms with van der Waals surface area (Å²) in [7, 11) is 2.17. The molecular weight excluding hydrogens is 182 g/mol. The van der Waals surface area contributed by atoms with Crippen molar-refractivity contribution >= 4 is 0 Å². The first-order valence-corrected chi connectivity index (χ1v) is 5.82. The summed E-state index contributed by atoms with van der Waals surface area (Å²) in [5.74, 6) is 0.622. The second-order valence-corrected chi connectivity index (χ2v) is 4.67. The first kappa shape index (κ1) is 12.3. The van der Waals surface area contributed by atoms with Crippen LogP contribution in [0.3, 0.4) is 0 Å². The molecule has 0 saturated heterocycles. The summed E-state index contributed by atoms with van der Waals surface area (Å²) in [6, 6.07) is 6.84. The Labute approximate surface area is 94.1 Å². The fourth-order valence-electron chi connectivity index (χ4n) is 1.62. The van der Waals surface area contributed by atoms with E-state index < -0.39 is 0 Å². The van der Waals surface area contributed by atoms with Crippen LogP contribution in [0.5, 0.6) is 0 Å². The molecular formula is C14H23N. The van der Waals surface area contributed by atoms with Crippen LogP contribution in [0.1, 0.15) is 43.4 Å². The van der Waals surface area contributed by atoms with Crippen molar-refractivity contribution < 1.29 is 0 Å². The zero-order chi connectivity index (χ0) is 11.4. The molecule has 0 aliphatic heterocycles. The molecule has 1 heteroatoms. The number of rotatable bonds is 4. The Kier molecular flexibility index (Phi) is 4.34. The van der Waals surface area contributed by atoms with Gasteiger partial charge in [0.25, 0.3) is 0 Å². The topological polar surface area (TPSA) is 3.24 Å². The Bertz CT molecular complexity index is 315. The van der Waals surface area contributed by atoms with Gasteiger partial charge < -0.3 is 4.90 Å². The maximum Gasteiger partial charge on any atom is 0.0233 e. The van der Waals surface area contributed by atoms with E-state index in [-0.39, 0.29) is 0 Å². The molecule has 0 aromatic heterocycles. The summed E-state index contributed by atoms with van der Waals surface area (Å²) in [5.41, 5.74) is 4.31. The first-order chi connectivity index (χ1) is 7.04. The van der Waals surface area contributed by atoms with E-state index in [2.05, 4.69) is 57.8 Å². The minimum atomic E-state index is 0.622. The molecule has 1 nitrogen and oxygen atoms in total. The van der Waals surface area contributed by atoms with Gasteiger partial charge in [-0.3, -0.25) is 0 Å². The van der Waals surface area contributed by atoms with Crippen LogP contribution in [0.25, 0.3) is 0 Å². The third-order valence-electron chi connectivity index (χ3n) is 3.02. The highest BCUT2D eigenvalue weighted by atomic mass is 15.1.